The van der Waals surface area contributed by atoms with E-state index in [-0.39, 0.29) is 0 Å². The minimum atomic E-state index is 0.327. The summed E-state index contributed by atoms with van der Waals surface area (Å²) in [5.74, 6) is 1.71. The van der Waals surface area contributed by atoms with E-state index < -0.39 is 0 Å². The van der Waals surface area contributed by atoms with Crippen LogP contribution in [0, 0.1) is 0 Å². The van der Waals surface area contributed by atoms with Crippen molar-refractivity contribution in [2.75, 3.05) is 13.3 Å². The highest BCUT2D eigenvalue weighted by molar-refractivity contribution is 5.48. The van der Waals surface area contributed by atoms with Crippen LogP contribution in [0.25, 0.3) is 0 Å². The molecule has 1 aliphatic heterocycles. The average molecular weight is 219 g/mol. The van der Waals surface area contributed by atoms with Gasteiger partial charge in [-0.05, 0) is 12.5 Å². The van der Waals surface area contributed by atoms with Crippen LogP contribution in [0.15, 0.2) is 30.4 Å². The van der Waals surface area contributed by atoms with Crippen LogP contribution in [-0.2, 0) is 6.54 Å². The molecule has 0 spiro atoms. The van der Waals surface area contributed by atoms with Crippen molar-refractivity contribution in [2.24, 2.45) is 0 Å². The summed E-state index contributed by atoms with van der Waals surface area (Å²) in [6.45, 7) is 8.03. The first-order valence-electron chi connectivity index (χ1n) is 5.56. The molecule has 3 nitrogen and oxygen atoms in total. The van der Waals surface area contributed by atoms with Crippen LogP contribution in [0.3, 0.4) is 0 Å². The van der Waals surface area contributed by atoms with Gasteiger partial charge in [0.25, 0.3) is 0 Å². The van der Waals surface area contributed by atoms with Gasteiger partial charge in [-0.25, -0.2) is 0 Å². The van der Waals surface area contributed by atoms with E-state index in [0.29, 0.717) is 6.79 Å². The topological polar surface area (TPSA) is 30.5 Å². The van der Waals surface area contributed by atoms with Gasteiger partial charge in [-0.3, -0.25) is 0 Å². The lowest BCUT2D eigenvalue weighted by atomic mass is 10.1. The normalized spacial score (nSPS) is 12.8. The highest BCUT2D eigenvalue weighted by Crippen LogP contribution is 2.35. The fourth-order valence-corrected chi connectivity index (χ4v) is 1.63. The van der Waals surface area contributed by atoms with Crippen LogP contribution in [0.5, 0.6) is 11.5 Å². The zero-order valence-corrected chi connectivity index (χ0v) is 9.58. The van der Waals surface area contributed by atoms with Crippen molar-refractivity contribution >= 4 is 0 Å². The van der Waals surface area contributed by atoms with Crippen molar-refractivity contribution in [3.05, 3.63) is 35.9 Å². The van der Waals surface area contributed by atoms with Gasteiger partial charge in [0.05, 0.1) is 0 Å². The third-order valence-corrected chi connectivity index (χ3v) is 2.67. The summed E-state index contributed by atoms with van der Waals surface area (Å²) in [5, 5.41) is 3.35. The Morgan fingerprint density at radius 3 is 3.12 bits per heavy atom. The van der Waals surface area contributed by atoms with Crippen molar-refractivity contribution in [3.63, 3.8) is 0 Å². The van der Waals surface area contributed by atoms with E-state index in [9.17, 15) is 0 Å². The fraction of sp³-hybridized carbons (Fsp3) is 0.385. The number of hydrogen-bond acceptors (Lipinski definition) is 3. The van der Waals surface area contributed by atoms with Crippen molar-refractivity contribution in [1.29, 1.82) is 0 Å². The lowest BCUT2D eigenvalue weighted by Gasteiger charge is -2.08. The molecule has 1 N–H and O–H groups in total. The molecule has 0 radical (unpaired) electrons. The molecule has 2 rings (SSSR count). The Balaban J connectivity index is 1.95. The molecule has 1 aromatic rings. The van der Waals surface area contributed by atoms with Crippen molar-refractivity contribution in [1.82, 2.24) is 5.32 Å². The van der Waals surface area contributed by atoms with Gasteiger partial charge < -0.3 is 14.8 Å². The van der Waals surface area contributed by atoms with E-state index in [1.54, 1.807) is 0 Å². The summed E-state index contributed by atoms with van der Waals surface area (Å²) in [6.07, 6.45) is 1.01. The van der Waals surface area contributed by atoms with Gasteiger partial charge in [-0.15, -0.1) is 0 Å². The number of hydrogen-bond donors (Lipinski definition) is 1. The molecule has 1 aliphatic rings. The van der Waals surface area contributed by atoms with Crippen LogP contribution in [0.4, 0.5) is 0 Å². The lowest BCUT2D eigenvalue weighted by Crippen LogP contribution is -2.16. The van der Waals surface area contributed by atoms with Gasteiger partial charge in [-0.2, -0.15) is 0 Å². The van der Waals surface area contributed by atoms with Crippen molar-refractivity contribution in [2.45, 2.75) is 19.9 Å². The van der Waals surface area contributed by atoms with Crippen molar-refractivity contribution in [3.8, 4) is 11.5 Å². The zero-order chi connectivity index (χ0) is 11.4. The standard InChI is InChI=1S/C13H17NO2/c1-3-10(2)7-14-8-11-5-4-6-12-13(11)16-9-15-12/h4-6,14H,2-3,7-9H2,1H3. The van der Waals surface area contributed by atoms with Gasteiger partial charge in [-0.1, -0.05) is 31.2 Å². The third kappa shape index (κ3) is 2.36. The predicted octanol–water partition coefficient (Wildman–Crippen LogP) is 2.47. The van der Waals surface area contributed by atoms with Gasteiger partial charge in [0.15, 0.2) is 11.5 Å². The molecular formula is C13H17NO2. The molecule has 3 heteroatoms. The molecule has 0 atom stereocenters. The highest BCUT2D eigenvalue weighted by atomic mass is 16.7. The van der Waals surface area contributed by atoms with Crippen LogP contribution in [-0.4, -0.2) is 13.3 Å². The SMILES string of the molecule is C=C(CC)CNCc1cccc2c1OCO2. The van der Waals surface area contributed by atoms with E-state index in [1.165, 1.54) is 5.57 Å². The summed E-state index contributed by atoms with van der Waals surface area (Å²) in [4.78, 5) is 0. The maximum absolute atomic E-state index is 5.43. The first-order valence-corrected chi connectivity index (χ1v) is 5.56. The smallest absolute Gasteiger partial charge is 0.231 e. The van der Waals surface area contributed by atoms with E-state index >= 15 is 0 Å². The van der Waals surface area contributed by atoms with E-state index in [4.69, 9.17) is 9.47 Å². The number of fused-ring (bicyclic) bond motifs is 1. The minimum absolute atomic E-state index is 0.327. The molecule has 0 saturated heterocycles. The Bertz CT molecular complexity index is 388. The molecular weight excluding hydrogens is 202 g/mol. The Labute approximate surface area is 96.1 Å². The largest absolute Gasteiger partial charge is 0.454 e. The van der Waals surface area contributed by atoms with E-state index in [1.807, 2.05) is 12.1 Å². The molecule has 0 amide bonds. The summed E-state index contributed by atoms with van der Waals surface area (Å²) in [6, 6.07) is 5.96. The molecule has 16 heavy (non-hydrogen) atoms. The van der Waals surface area contributed by atoms with Gasteiger partial charge in [0, 0.05) is 18.7 Å². The number of nitrogens with one attached hydrogen (secondary N) is 1. The minimum Gasteiger partial charge on any atom is -0.454 e. The van der Waals surface area contributed by atoms with Crippen molar-refractivity contribution < 1.29 is 9.47 Å². The van der Waals surface area contributed by atoms with Crippen LogP contribution < -0.4 is 14.8 Å². The third-order valence-electron chi connectivity index (χ3n) is 2.67. The monoisotopic (exact) mass is 219 g/mol. The second-order valence-electron chi connectivity index (χ2n) is 3.86. The van der Waals surface area contributed by atoms with Gasteiger partial charge >= 0.3 is 0 Å². The van der Waals surface area contributed by atoms with Gasteiger partial charge in [0.1, 0.15) is 0 Å². The first kappa shape index (κ1) is 11.0. The molecule has 0 saturated carbocycles. The number of ether oxygens (including phenoxy) is 2. The van der Waals surface area contributed by atoms with Crippen LogP contribution in [0.2, 0.25) is 0 Å². The summed E-state index contributed by atoms with van der Waals surface area (Å²) in [7, 11) is 0. The first-order chi connectivity index (χ1) is 7.81. The zero-order valence-electron chi connectivity index (χ0n) is 9.58. The molecule has 86 valence electrons. The second kappa shape index (κ2) is 5.03. The molecule has 0 aromatic heterocycles. The lowest BCUT2D eigenvalue weighted by molar-refractivity contribution is 0.173. The quantitative estimate of drug-likeness (QED) is 0.772. The van der Waals surface area contributed by atoms with E-state index in [2.05, 4.69) is 24.9 Å². The molecule has 1 aromatic carbocycles. The van der Waals surface area contributed by atoms with Crippen LogP contribution in [0.1, 0.15) is 18.9 Å². The summed E-state index contributed by atoms with van der Waals surface area (Å²) >= 11 is 0. The Morgan fingerprint density at radius 1 is 1.44 bits per heavy atom. The molecule has 1 heterocycles. The maximum Gasteiger partial charge on any atom is 0.231 e. The highest BCUT2D eigenvalue weighted by Gasteiger charge is 2.16. The molecule has 0 aliphatic carbocycles. The molecule has 0 bridgehead atoms. The Hall–Kier alpha value is -1.48. The summed E-state index contributed by atoms with van der Waals surface area (Å²) < 4.78 is 10.7. The Kier molecular flexibility index (Phi) is 3.47. The molecule has 0 unspecified atom stereocenters. The number of benzene rings is 1. The molecule has 0 fully saturated rings. The maximum atomic E-state index is 5.43. The predicted molar refractivity (Wildman–Crippen MR) is 63.7 cm³/mol. The number of para-hydroxylation sites is 1. The van der Waals surface area contributed by atoms with E-state index in [0.717, 1.165) is 36.6 Å². The Morgan fingerprint density at radius 2 is 2.31 bits per heavy atom. The number of rotatable bonds is 5. The average Bonchev–Trinajstić information content (AvgIpc) is 2.77. The van der Waals surface area contributed by atoms with Gasteiger partial charge in [0.2, 0.25) is 6.79 Å². The summed E-state index contributed by atoms with van der Waals surface area (Å²) in [5.41, 5.74) is 2.35. The van der Waals surface area contributed by atoms with Crippen LogP contribution >= 0.6 is 0 Å². The second-order valence-corrected chi connectivity index (χ2v) is 3.86. The fourth-order valence-electron chi connectivity index (χ4n) is 1.63.